The summed E-state index contributed by atoms with van der Waals surface area (Å²) < 4.78 is 5.12. The first-order valence-electron chi connectivity index (χ1n) is 5.49. The smallest absolute Gasteiger partial charge is 0.113 e. The van der Waals surface area contributed by atoms with Crippen molar-refractivity contribution < 1.29 is 9.84 Å². The van der Waals surface area contributed by atoms with Crippen molar-refractivity contribution in [1.82, 2.24) is 4.98 Å². The highest BCUT2D eigenvalue weighted by Crippen LogP contribution is 2.31. The average molecular weight is 219 g/mol. The minimum Gasteiger partial charge on any atom is -0.383 e. The summed E-state index contributed by atoms with van der Waals surface area (Å²) in [5, 5.41) is 11.6. The molecule has 16 heavy (non-hydrogen) atoms. The Morgan fingerprint density at radius 1 is 1.38 bits per heavy atom. The van der Waals surface area contributed by atoms with Gasteiger partial charge in [0.1, 0.15) is 5.60 Å². The summed E-state index contributed by atoms with van der Waals surface area (Å²) in [7, 11) is 1.61. The van der Waals surface area contributed by atoms with Crippen LogP contribution in [0, 0.1) is 0 Å². The second-order valence-electron chi connectivity index (χ2n) is 4.06. The SMILES string of the molecule is CCC(O)(COC)c1cccc2[nH]ccc12. The van der Waals surface area contributed by atoms with Gasteiger partial charge in [-0.3, -0.25) is 0 Å². The zero-order valence-corrected chi connectivity index (χ0v) is 9.66. The van der Waals surface area contributed by atoms with Gasteiger partial charge >= 0.3 is 0 Å². The third-order valence-corrected chi connectivity index (χ3v) is 3.06. The van der Waals surface area contributed by atoms with Gasteiger partial charge in [-0.25, -0.2) is 0 Å². The molecular formula is C13H17NO2. The average Bonchev–Trinajstić information content (AvgIpc) is 2.76. The van der Waals surface area contributed by atoms with Crippen LogP contribution in [0.3, 0.4) is 0 Å². The van der Waals surface area contributed by atoms with Gasteiger partial charge in [-0.1, -0.05) is 19.1 Å². The molecule has 0 saturated heterocycles. The number of aromatic amines is 1. The minimum atomic E-state index is -0.906. The van der Waals surface area contributed by atoms with Crippen LogP contribution in [0.5, 0.6) is 0 Å². The van der Waals surface area contributed by atoms with Crippen LogP contribution < -0.4 is 0 Å². The normalized spacial score (nSPS) is 15.2. The Bertz CT molecular complexity index is 477. The number of methoxy groups -OCH3 is 1. The van der Waals surface area contributed by atoms with E-state index in [1.54, 1.807) is 7.11 Å². The minimum absolute atomic E-state index is 0.313. The van der Waals surface area contributed by atoms with Crippen LogP contribution >= 0.6 is 0 Å². The lowest BCUT2D eigenvalue weighted by Gasteiger charge is -2.27. The quantitative estimate of drug-likeness (QED) is 0.829. The molecule has 1 aromatic carbocycles. The summed E-state index contributed by atoms with van der Waals surface area (Å²) >= 11 is 0. The van der Waals surface area contributed by atoms with Crippen molar-refractivity contribution in [3.8, 4) is 0 Å². The fourth-order valence-electron chi connectivity index (χ4n) is 2.10. The number of aliphatic hydroxyl groups is 1. The fourth-order valence-corrected chi connectivity index (χ4v) is 2.10. The third-order valence-electron chi connectivity index (χ3n) is 3.06. The van der Waals surface area contributed by atoms with Crippen LogP contribution in [-0.2, 0) is 10.3 Å². The number of H-pyrrole nitrogens is 1. The maximum absolute atomic E-state index is 10.6. The van der Waals surface area contributed by atoms with Gasteiger partial charge < -0.3 is 14.8 Å². The third kappa shape index (κ3) is 1.72. The summed E-state index contributed by atoms with van der Waals surface area (Å²) in [6.07, 6.45) is 2.52. The largest absolute Gasteiger partial charge is 0.383 e. The van der Waals surface area contributed by atoms with E-state index in [1.165, 1.54) is 0 Å². The molecule has 1 heterocycles. The van der Waals surface area contributed by atoms with Gasteiger partial charge in [-0.15, -0.1) is 0 Å². The molecule has 0 aliphatic carbocycles. The lowest BCUT2D eigenvalue weighted by molar-refractivity contribution is -0.0375. The molecule has 0 radical (unpaired) electrons. The Labute approximate surface area is 95.1 Å². The van der Waals surface area contributed by atoms with E-state index >= 15 is 0 Å². The van der Waals surface area contributed by atoms with E-state index < -0.39 is 5.60 Å². The van der Waals surface area contributed by atoms with E-state index in [0.29, 0.717) is 13.0 Å². The van der Waals surface area contributed by atoms with Gasteiger partial charge in [-0.2, -0.15) is 0 Å². The van der Waals surface area contributed by atoms with Gasteiger partial charge in [0.05, 0.1) is 6.61 Å². The van der Waals surface area contributed by atoms with Crippen molar-refractivity contribution >= 4 is 10.9 Å². The summed E-state index contributed by atoms with van der Waals surface area (Å²) in [5.41, 5.74) is 1.06. The molecule has 1 aromatic heterocycles. The molecule has 0 fully saturated rings. The first-order chi connectivity index (χ1) is 7.71. The number of ether oxygens (including phenoxy) is 1. The van der Waals surface area contributed by atoms with Crippen LogP contribution in [0.25, 0.3) is 10.9 Å². The van der Waals surface area contributed by atoms with Crippen LogP contribution in [0.2, 0.25) is 0 Å². The summed E-state index contributed by atoms with van der Waals surface area (Å²) in [6.45, 7) is 2.28. The number of hydrogen-bond acceptors (Lipinski definition) is 2. The summed E-state index contributed by atoms with van der Waals surface area (Å²) in [5.74, 6) is 0. The van der Waals surface area contributed by atoms with Gasteiger partial charge in [0.2, 0.25) is 0 Å². The molecular weight excluding hydrogens is 202 g/mol. The molecule has 0 spiro atoms. The lowest BCUT2D eigenvalue weighted by Crippen LogP contribution is -2.30. The molecule has 3 nitrogen and oxygen atoms in total. The van der Waals surface area contributed by atoms with Crippen molar-refractivity contribution in [2.45, 2.75) is 18.9 Å². The first-order valence-corrected chi connectivity index (χ1v) is 5.49. The zero-order valence-electron chi connectivity index (χ0n) is 9.66. The number of aromatic nitrogens is 1. The Kier molecular flexibility index (Phi) is 2.99. The summed E-state index contributed by atoms with van der Waals surface area (Å²) in [4.78, 5) is 3.15. The molecule has 0 amide bonds. The molecule has 2 aromatic rings. The monoisotopic (exact) mass is 219 g/mol. The van der Waals surface area contributed by atoms with Crippen molar-refractivity contribution in [3.05, 3.63) is 36.0 Å². The molecule has 1 unspecified atom stereocenters. The topological polar surface area (TPSA) is 45.2 Å². The Balaban J connectivity index is 2.56. The molecule has 86 valence electrons. The van der Waals surface area contributed by atoms with Crippen molar-refractivity contribution in [2.24, 2.45) is 0 Å². The van der Waals surface area contributed by atoms with Crippen molar-refractivity contribution in [3.63, 3.8) is 0 Å². The van der Waals surface area contributed by atoms with Crippen LogP contribution in [-0.4, -0.2) is 23.8 Å². The Morgan fingerprint density at radius 3 is 2.88 bits per heavy atom. The Morgan fingerprint density at radius 2 is 2.19 bits per heavy atom. The highest BCUT2D eigenvalue weighted by molar-refractivity contribution is 5.83. The van der Waals surface area contributed by atoms with Crippen molar-refractivity contribution in [1.29, 1.82) is 0 Å². The predicted octanol–water partition coefficient (Wildman–Crippen LogP) is 2.41. The predicted molar refractivity (Wildman–Crippen MR) is 64.4 cm³/mol. The van der Waals surface area contributed by atoms with Gasteiger partial charge in [0.15, 0.2) is 0 Å². The van der Waals surface area contributed by atoms with Crippen LogP contribution in [0.1, 0.15) is 18.9 Å². The van der Waals surface area contributed by atoms with Gasteiger partial charge in [-0.05, 0) is 24.1 Å². The second-order valence-corrected chi connectivity index (χ2v) is 4.06. The van der Waals surface area contributed by atoms with E-state index in [-0.39, 0.29) is 0 Å². The molecule has 0 bridgehead atoms. The highest BCUT2D eigenvalue weighted by Gasteiger charge is 2.28. The summed E-state index contributed by atoms with van der Waals surface area (Å²) in [6, 6.07) is 7.89. The van der Waals surface area contributed by atoms with Crippen molar-refractivity contribution in [2.75, 3.05) is 13.7 Å². The Hall–Kier alpha value is -1.32. The van der Waals surface area contributed by atoms with Gasteiger partial charge in [0.25, 0.3) is 0 Å². The first kappa shape index (κ1) is 11.2. The molecule has 0 saturated carbocycles. The van der Waals surface area contributed by atoms with E-state index in [9.17, 15) is 5.11 Å². The maximum atomic E-state index is 10.6. The molecule has 3 heteroatoms. The number of nitrogens with one attached hydrogen (secondary N) is 1. The van der Waals surface area contributed by atoms with Gasteiger partial charge in [0, 0.05) is 24.2 Å². The number of hydrogen-bond donors (Lipinski definition) is 2. The lowest BCUT2D eigenvalue weighted by atomic mass is 9.89. The molecule has 2 rings (SSSR count). The highest BCUT2D eigenvalue weighted by atomic mass is 16.5. The molecule has 2 N–H and O–H groups in total. The number of benzene rings is 1. The van der Waals surface area contributed by atoms with E-state index in [0.717, 1.165) is 16.5 Å². The molecule has 1 atom stereocenters. The molecule has 0 aliphatic rings. The second kappa shape index (κ2) is 4.28. The number of fused-ring (bicyclic) bond motifs is 1. The zero-order chi connectivity index (χ0) is 11.6. The fraction of sp³-hybridized carbons (Fsp3) is 0.385. The van der Waals surface area contributed by atoms with E-state index in [2.05, 4.69) is 4.98 Å². The number of rotatable bonds is 4. The van der Waals surface area contributed by atoms with E-state index in [1.807, 2.05) is 37.4 Å². The van der Waals surface area contributed by atoms with E-state index in [4.69, 9.17) is 4.74 Å². The van der Waals surface area contributed by atoms with Crippen LogP contribution in [0.15, 0.2) is 30.5 Å². The standard InChI is InChI=1S/C13H17NO2/c1-3-13(15,9-16-2)11-5-4-6-12-10(11)7-8-14-12/h4-8,14-15H,3,9H2,1-2H3. The molecule has 0 aliphatic heterocycles. The maximum Gasteiger partial charge on any atom is 0.113 e. The van der Waals surface area contributed by atoms with Crippen LogP contribution in [0.4, 0.5) is 0 Å².